The molecule has 1 N–H and O–H groups in total. The molecular weight excluding hydrogens is 304 g/mol. The largest absolute Gasteiger partial charge is 0.381 e. The first kappa shape index (κ1) is 16.8. The van der Waals surface area contributed by atoms with E-state index in [2.05, 4.69) is 24.3 Å². The van der Waals surface area contributed by atoms with Crippen LogP contribution in [0.1, 0.15) is 33.2 Å². The SMILES string of the molecule is CCN(CC1CCOC1)C(=O)Nc1ccc2nn(C(C)C)cc2c1. The third kappa shape index (κ3) is 3.70. The quantitative estimate of drug-likeness (QED) is 0.912. The normalized spacial score (nSPS) is 17.6. The van der Waals surface area contributed by atoms with Crippen LogP contribution in [0, 0.1) is 5.92 Å². The molecule has 1 aromatic heterocycles. The summed E-state index contributed by atoms with van der Waals surface area (Å²) in [5.41, 5.74) is 1.74. The van der Waals surface area contributed by atoms with Crippen molar-refractivity contribution in [3.8, 4) is 0 Å². The molecule has 1 unspecified atom stereocenters. The summed E-state index contributed by atoms with van der Waals surface area (Å²) in [5.74, 6) is 0.447. The van der Waals surface area contributed by atoms with Crippen LogP contribution in [0.25, 0.3) is 10.9 Å². The first-order chi connectivity index (χ1) is 11.6. The van der Waals surface area contributed by atoms with Gasteiger partial charge in [-0.15, -0.1) is 0 Å². The van der Waals surface area contributed by atoms with Crippen molar-refractivity contribution in [2.24, 2.45) is 5.92 Å². The predicted octanol–water partition coefficient (Wildman–Crippen LogP) is 3.51. The first-order valence-corrected chi connectivity index (χ1v) is 8.69. The number of nitrogens with one attached hydrogen (secondary N) is 1. The highest BCUT2D eigenvalue weighted by atomic mass is 16.5. The van der Waals surface area contributed by atoms with Gasteiger partial charge in [0.05, 0.1) is 12.1 Å². The number of fused-ring (bicyclic) bond motifs is 1. The number of aromatic nitrogens is 2. The van der Waals surface area contributed by atoms with E-state index >= 15 is 0 Å². The van der Waals surface area contributed by atoms with E-state index < -0.39 is 0 Å². The molecule has 1 aliphatic heterocycles. The Labute approximate surface area is 142 Å². The van der Waals surface area contributed by atoms with Crippen LogP contribution in [-0.2, 0) is 4.74 Å². The van der Waals surface area contributed by atoms with Crippen LogP contribution < -0.4 is 5.32 Å². The van der Waals surface area contributed by atoms with Gasteiger partial charge in [-0.2, -0.15) is 5.10 Å². The Morgan fingerprint density at radius 1 is 1.50 bits per heavy atom. The van der Waals surface area contributed by atoms with E-state index in [0.717, 1.165) is 42.8 Å². The molecule has 1 aliphatic rings. The van der Waals surface area contributed by atoms with Gasteiger partial charge in [-0.05, 0) is 45.4 Å². The van der Waals surface area contributed by atoms with Crippen LogP contribution in [-0.4, -0.2) is 47.0 Å². The third-order valence-corrected chi connectivity index (χ3v) is 4.47. The predicted molar refractivity (Wildman–Crippen MR) is 95.3 cm³/mol. The monoisotopic (exact) mass is 330 g/mol. The first-order valence-electron chi connectivity index (χ1n) is 8.69. The molecule has 0 aliphatic carbocycles. The minimum Gasteiger partial charge on any atom is -0.381 e. The van der Waals surface area contributed by atoms with Gasteiger partial charge in [-0.3, -0.25) is 4.68 Å². The molecule has 2 heterocycles. The van der Waals surface area contributed by atoms with E-state index in [1.165, 1.54) is 0 Å². The maximum absolute atomic E-state index is 12.5. The van der Waals surface area contributed by atoms with Crippen LogP contribution >= 0.6 is 0 Å². The summed E-state index contributed by atoms with van der Waals surface area (Å²) >= 11 is 0. The summed E-state index contributed by atoms with van der Waals surface area (Å²) in [6.07, 6.45) is 3.05. The molecular formula is C18H26N4O2. The molecule has 0 bridgehead atoms. The number of ether oxygens (including phenoxy) is 1. The molecule has 0 radical (unpaired) electrons. The molecule has 3 rings (SSSR count). The number of urea groups is 1. The lowest BCUT2D eigenvalue weighted by Crippen LogP contribution is -2.38. The molecule has 2 amide bonds. The van der Waals surface area contributed by atoms with Crippen molar-refractivity contribution in [2.45, 2.75) is 33.2 Å². The van der Waals surface area contributed by atoms with Gasteiger partial charge in [0.15, 0.2) is 0 Å². The zero-order valence-corrected chi connectivity index (χ0v) is 14.7. The second-order valence-corrected chi connectivity index (χ2v) is 6.67. The van der Waals surface area contributed by atoms with E-state index in [0.29, 0.717) is 18.5 Å². The van der Waals surface area contributed by atoms with Gasteiger partial charge >= 0.3 is 6.03 Å². The minimum atomic E-state index is -0.0556. The van der Waals surface area contributed by atoms with Crippen LogP contribution in [0.15, 0.2) is 24.4 Å². The van der Waals surface area contributed by atoms with Gasteiger partial charge in [-0.25, -0.2) is 4.79 Å². The summed E-state index contributed by atoms with van der Waals surface area (Å²) < 4.78 is 7.34. The fourth-order valence-electron chi connectivity index (χ4n) is 2.98. The van der Waals surface area contributed by atoms with Crippen molar-refractivity contribution >= 4 is 22.6 Å². The molecule has 0 spiro atoms. The fraction of sp³-hybridized carbons (Fsp3) is 0.556. The van der Waals surface area contributed by atoms with E-state index in [-0.39, 0.29) is 6.03 Å². The highest BCUT2D eigenvalue weighted by Crippen LogP contribution is 2.20. The van der Waals surface area contributed by atoms with Gasteiger partial charge < -0.3 is 15.0 Å². The number of benzene rings is 1. The fourth-order valence-corrected chi connectivity index (χ4v) is 2.98. The van der Waals surface area contributed by atoms with E-state index in [1.807, 2.05) is 40.9 Å². The van der Waals surface area contributed by atoms with Crippen LogP contribution in [0.2, 0.25) is 0 Å². The van der Waals surface area contributed by atoms with Gasteiger partial charge in [0.1, 0.15) is 0 Å². The molecule has 6 nitrogen and oxygen atoms in total. The Hall–Kier alpha value is -2.08. The molecule has 1 atom stereocenters. The Morgan fingerprint density at radius 3 is 3.00 bits per heavy atom. The summed E-state index contributed by atoms with van der Waals surface area (Å²) in [6, 6.07) is 6.10. The van der Waals surface area contributed by atoms with Gasteiger partial charge in [-0.1, -0.05) is 0 Å². The highest BCUT2D eigenvalue weighted by Gasteiger charge is 2.21. The van der Waals surface area contributed by atoms with Crippen molar-refractivity contribution < 1.29 is 9.53 Å². The third-order valence-electron chi connectivity index (χ3n) is 4.47. The molecule has 2 aromatic rings. The average Bonchev–Trinajstić information content (AvgIpc) is 3.21. The molecule has 130 valence electrons. The van der Waals surface area contributed by atoms with E-state index in [4.69, 9.17) is 4.74 Å². The Balaban J connectivity index is 1.69. The lowest BCUT2D eigenvalue weighted by atomic mass is 10.1. The summed E-state index contributed by atoms with van der Waals surface area (Å²) in [5, 5.41) is 8.57. The second-order valence-electron chi connectivity index (χ2n) is 6.67. The van der Waals surface area contributed by atoms with Gasteiger partial charge in [0.2, 0.25) is 0 Å². The molecule has 1 saturated heterocycles. The molecule has 6 heteroatoms. The summed E-state index contributed by atoms with van der Waals surface area (Å²) in [4.78, 5) is 14.4. The maximum atomic E-state index is 12.5. The number of hydrogen-bond acceptors (Lipinski definition) is 3. The number of anilines is 1. The average molecular weight is 330 g/mol. The standard InChI is InChI=1S/C18H26N4O2/c1-4-21(10-14-7-8-24-12-14)18(23)19-16-5-6-17-15(9-16)11-22(20-17)13(2)3/h5-6,9,11,13-14H,4,7-8,10,12H2,1-3H3,(H,19,23). The van der Waals surface area contributed by atoms with Crippen LogP contribution in [0.4, 0.5) is 10.5 Å². The van der Waals surface area contributed by atoms with Crippen LogP contribution in [0.3, 0.4) is 0 Å². The number of carbonyl (C=O) groups is 1. The molecule has 0 saturated carbocycles. The Bertz CT molecular complexity index is 704. The number of hydrogen-bond donors (Lipinski definition) is 1. The lowest BCUT2D eigenvalue weighted by Gasteiger charge is -2.24. The molecule has 1 fully saturated rings. The minimum absolute atomic E-state index is 0.0556. The van der Waals surface area contributed by atoms with Crippen molar-refractivity contribution in [2.75, 3.05) is 31.6 Å². The number of carbonyl (C=O) groups excluding carboxylic acids is 1. The highest BCUT2D eigenvalue weighted by molar-refractivity contribution is 5.92. The number of rotatable bonds is 5. The molecule has 1 aromatic carbocycles. The summed E-state index contributed by atoms with van der Waals surface area (Å²) in [7, 11) is 0. The zero-order chi connectivity index (χ0) is 17.1. The Kier molecular flexibility index (Phi) is 5.04. The van der Waals surface area contributed by atoms with Gasteiger partial charge in [0.25, 0.3) is 0 Å². The number of amides is 2. The van der Waals surface area contributed by atoms with Crippen LogP contribution in [0.5, 0.6) is 0 Å². The zero-order valence-electron chi connectivity index (χ0n) is 14.7. The lowest BCUT2D eigenvalue weighted by molar-refractivity contribution is 0.171. The van der Waals surface area contributed by atoms with E-state index in [9.17, 15) is 4.79 Å². The topological polar surface area (TPSA) is 59.4 Å². The Morgan fingerprint density at radius 2 is 2.33 bits per heavy atom. The number of nitrogens with zero attached hydrogens (tertiary/aromatic N) is 3. The summed E-state index contributed by atoms with van der Waals surface area (Å²) in [6.45, 7) is 9.20. The van der Waals surface area contributed by atoms with Crippen molar-refractivity contribution in [3.63, 3.8) is 0 Å². The van der Waals surface area contributed by atoms with Gasteiger partial charge in [0, 0.05) is 48.9 Å². The second kappa shape index (κ2) is 7.21. The van der Waals surface area contributed by atoms with Crippen molar-refractivity contribution in [1.29, 1.82) is 0 Å². The molecule has 24 heavy (non-hydrogen) atoms. The van der Waals surface area contributed by atoms with E-state index in [1.54, 1.807) is 0 Å². The maximum Gasteiger partial charge on any atom is 0.321 e. The van der Waals surface area contributed by atoms with Crippen molar-refractivity contribution in [1.82, 2.24) is 14.7 Å². The smallest absolute Gasteiger partial charge is 0.321 e. The van der Waals surface area contributed by atoms with Crippen molar-refractivity contribution in [3.05, 3.63) is 24.4 Å².